The zero-order chi connectivity index (χ0) is 10.3. The summed E-state index contributed by atoms with van der Waals surface area (Å²) < 4.78 is 0. The number of nitrogens with zero attached hydrogens (tertiary/aromatic N) is 1. The Labute approximate surface area is 95.9 Å². The molecule has 13 heavy (non-hydrogen) atoms. The number of carbonyl (C=O) groups excluding carboxylic acids is 1. The molecule has 0 amide bonds. The third kappa shape index (κ3) is 6.38. The number of hydrogen-bond donors (Lipinski definition) is 0. The third-order valence-electron chi connectivity index (χ3n) is 0.952. The first-order valence-corrected chi connectivity index (χ1v) is 5.22. The topological polar surface area (TPSA) is 38.7 Å². The summed E-state index contributed by atoms with van der Waals surface area (Å²) in [6, 6.07) is 0. The quantitative estimate of drug-likeness (QED) is 0.332. The summed E-state index contributed by atoms with van der Waals surface area (Å²) in [4.78, 5) is 14.3. The van der Waals surface area contributed by atoms with E-state index in [4.69, 9.17) is 46.4 Å². The highest BCUT2D eigenvalue weighted by Crippen LogP contribution is 2.06. The molecular formula is C6H7Cl4NO2. The van der Waals surface area contributed by atoms with Crippen molar-refractivity contribution in [2.45, 2.75) is 11.3 Å². The van der Waals surface area contributed by atoms with Gasteiger partial charge in [0, 0.05) is 5.88 Å². The van der Waals surface area contributed by atoms with Crippen LogP contribution in [0, 0.1) is 0 Å². The van der Waals surface area contributed by atoms with Crippen molar-refractivity contribution in [3.63, 3.8) is 0 Å². The summed E-state index contributed by atoms with van der Waals surface area (Å²) in [5, 5.41) is 3.37. The second-order valence-corrected chi connectivity index (χ2v) is 3.66. The minimum absolute atomic E-state index is 0.00578. The van der Waals surface area contributed by atoms with Crippen molar-refractivity contribution in [1.29, 1.82) is 0 Å². The lowest BCUT2D eigenvalue weighted by atomic mass is 10.5. The molecule has 0 fully saturated rings. The van der Waals surface area contributed by atoms with Crippen molar-refractivity contribution >= 4 is 58.1 Å². The summed E-state index contributed by atoms with van der Waals surface area (Å²) >= 11 is 21.6. The molecule has 0 aromatic carbocycles. The van der Waals surface area contributed by atoms with E-state index in [1.807, 2.05) is 0 Å². The predicted octanol–water partition coefficient (Wildman–Crippen LogP) is 2.56. The largest absolute Gasteiger partial charge is 0.336 e. The zero-order valence-corrected chi connectivity index (χ0v) is 9.50. The second kappa shape index (κ2) is 7.68. The first-order valence-electron chi connectivity index (χ1n) is 3.28. The lowest BCUT2D eigenvalue weighted by Gasteiger charge is -2.01. The van der Waals surface area contributed by atoms with Crippen LogP contribution >= 0.6 is 46.4 Å². The van der Waals surface area contributed by atoms with Crippen molar-refractivity contribution in [3.05, 3.63) is 0 Å². The van der Waals surface area contributed by atoms with E-state index in [2.05, 4.69) is 9.99 Å². The van der Waals surface area contributed by atoms with Gasteiger partial charge in [-0.3, -0.25) is 0 Å². The molecule has 0 aliphatic heterocycles. The molecular weight excluding hydrogens is 260 g/mol. The van der Waals surface area contributed by atoms with Crippen LogP contribution in [0.2, 0.25) is 0 Å². The predicted molar refractivity (Wildman–Crippen MR) is 55.1 cm³/mol. The Morgan fingerprint density at radius 3 is 2.38 bits per heavy atom. The third-order valence-corrected chi connectivity index (χ3v) is 1.92. The molecule has 0 rings (SSSR count). The van der Waals surface area contributed by atoms with Gasteiger partial charge in [0.25, 0.3) is 0 Å². The van der Waals surface area contributed by atoms with E-state index >= 15 is 0 Å². The molecule has 0 unspecified atom stereocenters. The highest BCUT2D eigenvalue weighted by Gasteiger charge is 2.10. The van der Waals surface area contributed by atoms with Crippen LogP contribution in [0.3, 0.4) is 0 Å². The lowest BCUT2D eigenvalue weighted by molar-refractivity contribution is -0.143. The minimum atomic E-state index is -0.874. The van der Waals surface area contributed by atoms with Crippen LogP contribution in [-0.4, -0.2) is 28.3 Å². The molecule has 0 heterocycles. The van der Waals surface area contributed by atoms with E-state index in [1.54, 1.807) is 0 Å². The fraction of sp³-hybridized carbons (Fsp3) is 0.667. The fourth-order valence-electron chi connectivity index (χ4n) is 0.355. The number of hydrogen-bond acceptors (Lipinski definition) is 3. The number of oxime groups is 1. The molecule has 0 N–H and O–H groups in total. The fourth-order valence-corrected chi connectivity index (χ4v) is 1.10. The molecule has 0 spiro atoms. The molecule has 0 aliphatic rings. The van der Waals surface area contributed by atoms with Gasteiger partial charge in [-0.15, -0.1) is 23.2 Å². The summed E-state index contributed by atoms with van der Waals surface area (Å²) in [6.07, 6.45) is 0.0792. The highest BCUT2D eigenvalue weighted by molar-refractivity contribution is 6.56. The van der Waals surface area contributed by atoms with Crippen LogP contribution < -0.4 is 0 Å². The Morgan fingerprint density at radius 2 is 2.00 bits per heavy atom. The van der Waals surface area contributed by atoms with Crippen LogP contribution in [0.1, 0.15) is 6.42 Å². The maximum Gasteiger partial charge on any atom is 0.336 e. The van der Waals surface area contributed by atoms with Crippen molar-refractivity contribution in [1.82, 2.24) is 0 Å². The number of carbonyl (C=O) groups is 1. The molecule has 0 bridgehead atoms. The molecule has 0 saturated carbocycles. The normalized spacial score (nSPS) is 11.9. The van der Waals surface area contributed by atoms with Gasteiger partial charge in [0.1, 0.15) is 10.5 Å². The van der Waals surface area contributed by atoms with Crippen molar-refractivity contribution in [2.24, 2.45) is 5.16 Å². The highest BCUT2D eigenvalue weighted by atomic mass is 35.5. The van der Waals surface area contributed by atoms with Crippen LogP contribution in [0.5, 0.6) is 0 Å². The second-order valence-electron chi connectivity index (χ2n) is 1.92. The Balaban J connectivity index is 3.99. The number of rotatable bonds is 5. The van der Waals surface area contributed by atoms with E-state index in [0.717, 1.165) is 0 Å². The van der Waals surface area contributed by atoms with E-state index in [0.29, 0.717) is 0 Å². The van der Waals surface area contributed by atoms with Gasteiger partial charge in [-0.2, -0.15) is 0 Å². The molecule has 0 aliphatic carbocycles. The zero-order valence-electron chi connectivity index (χ0n) is 6.47. The minimum Gasteiger partial charge on any atom is -0.318 e. The average molecular weight is 267 g/mol. The summed E-state index contributed by atoms with van der Waals surface area (Å²) in [5.74, 6) is -0.367. The smallest absolute Gasteiger partial charge is 0.318 e. The Kier molecular flexibility index (Phi) is 7.86. The van der Waals surface area contributed by atoms with E-state index in [9.17, 15) is 4.79 Å². The van der Waals surface area contributed by atoms with Crippen LogP contribution in [0.15, 0.2) is 5.16 Å². The molecule has 3 nitrogen and oxygen atoms in total. The van der Waals surface area contributed by atoms with Gasteiger partial charge in [-0.1, -0.05) is 28.4 Å². The molecule has 0 radical (unpaired) electrons. The molecule has 0 saturated heterocycles. The summed E-state index contributed by atoms with van der Waals surface area (Å²) in [6.45, 7) is 0. The van der Waals surface area contributed by atoms with Crippen LogP contribution in [0.25, 0.3) is 0 Å². The number of halogens is 4. The standard InChI is InChI=1S/C6H7Cl4NO2/c7-2-1-5(12)13-11-4(3-8)6(9)10/h6H,1-3H2. The first kappa shape index (κ1) is 13.3. The molecule has 0 aromatic heterocycles. The lowest BCUT2D eigenvalue weighted by Crippen LogP contribution is -2.12. The summed E-state index contributed by atoms with van der Waals surface area (Å²) in [7, 11) is 0. The van der Waals surface area contributed by atoms with Crippen molar-refractivity contribution < 1.29 is 9.63 Å². The molecule has 0 aromatic rings. The maximum absolute atomic E-state index is 10.7. The summed E-state index contributed by atoms with van der Waals surface area (Å²) in [5.41, 5.74) is 0.188. The molecule has 0 atom stereocenters. The Bertz CT molecular complexity index is 195. The van der Waals surface area contributed by atoms with Gasteiger partial charge in [0.2, 0.25) is 0 Å². The molecule has 76 valence electrons. The van der Waals surface area contributed by atoms with Gasteiger partial charge in [0.15, 0.2) is 0 Å². The van der Waals surface area contributed by atoms with Gasteiger partial charge >= 0.3 is 5.97 Å². The molecule has 7 heteroatoms. The monoisotopic (exact) mass is 265 g/mol. The van der Waals surface area contributed by atoms with Gasteiger partial charge in [0.05, 0.1) is 12.3 Å². The Morgan fingerprint density at radius 1 is 1.38 bits per heavy atom. The van der Waals surface area contributed by atoms with Gasteiger partial charge in [-0.05, 0) is 0 Å². The SMILES string of the molecule is O=C(CCCl)ON=C(CCl)C(Cl)Cl. The number of alkyl halides is 4. The maximum atomic E-state index is 10.7. The van der Waals surface area contributed by atoms with Crippen molar-refractivity contribution in [2.75, 3.05) is 11.8 Å². The van der Waals surface area contributed by atoms with Crippen LogP contribution in [0.4, 0.5) is 0 Å². The van der Waals surface area contributed by atoms with Crippen LogP contribution in [-0.2, 0) is 9.63 Å². The van der Waals surface area contributed by atoms with E-state index in [-0.39, 0.29) is 23.9 Å². The van der Waals surface area contributed by atoms with Gasteiger partial charge < -0.3 is 4.84 Å². The Hall–Kier alpha value is 0.300. The first-order chi connectivity index (χ1) is 6.11. The van der Waals surface area contributed by atoms with Gasteiger partial charge in [-0.25, -0.2) is 4.79 Å². The average Bonchev–Trinajstić information content (AvgIpc) is 2.05. The van der Waals surface area contributed by atoms with Crippen molar-refractivity contribution in [3.8, 4) is 0 Å². The van der Waals surface area contributed by atoms with E-state index in [1.165, 1.54) is 0 Å². The van der Waals surface area contributed by atoms with E-state index < -0.39 is 10.8 Å².